The van der Waals surface area contributed by atoms with Gasteiger partial charge in [-0.25, -0.2) is 8.42 Å². The molecule has 0 bridgehead atoms. The Morgan fingerprint density at radius 2 is 1.49 bits per heavy atom. The number of nitrogens with zero attached hydrogens (tertiary/aromatic N) is 2. The SMILES string of the molecule is CNC(=O)[C@H](C)N(CCc1ccccc1)C(=O)CN(c1ccc(I)cc1)S(=O)(=O)c1ccccc1. The van der Waals surface area contributed by atoms with Crippen molar-refractivity contribution in [3.63, 3.8) is 0 Å². The fourth-order valence-corrected chi connectivity index (χ4v) is 5.43. The normalized spacial score (nSPS) is 12.0. The maximum absolute atomic E-state index is 13.6. The number of rotatable bonds is 10. The first kappa shape index (κ1) is 26.7. The Hall–Kier alpha value is -2.92. The fraction of sp³-hybridized carbons (Fsp3) is 0.231. The molecule has 0 aliphatic carbocycles. The van der Waals surface area contributed by atoms with Crippen molar-refractivity contribution in [2.24, 2.45) is 0 Å². The zero-order chi connectivity index (χ0) is 25.4. The lowest BCUT2D eigenvalue weighted by atomic mass is 10.1. The predicted octanol–water partition coefficient (Wildman–Crippen LogP) is 3.69. The van der Waals surface area contributed by atoms with Crippen LogP contribution in [0.4, 0.5) is 5.69 Å². The fourth-order valence-electron chi connectivity index (χ4n) is 3.63. The van der Waals surface area contributed by atoms with Crippen molar-refractivity contribution in [3.05, 3.63) is 94.1 Å². The molecule has 0 aliphatic heterocycles. The van der Waals surface area contributed by atoms with Gasteiger partial charge in [-0.15, -0.1) is 0 Å². The van der Waals surface area contributed by atoms with E-state index in [1.54, 1.807) is 49.4 Å². The van der Waals surface area contributed by atoms with Gasteiger partial charge in [0.05, 0.1) is 10.6 Å². The van der Waals surface area contributed by atoms with Crippen LogP contribution in [-0.2, 0) is 26.0 Å². The van der Waals surface area contributed by atoms with Crippen LogP contribution in [0.25, 0.3) is 0 Å². The maximum atomic E-state index is 13.6. The summed E-state index contributed by atoms with van der Waals surface area (Å²) in [6, 6.07) is 23.8. The highest BCUT2D eigenvalue weighted by atomic mass is 127. The third kappa shape index (κ3) is 6.82. The van der Waals surface area contributed by atoms with Crippen molar-refractivity contribution in [1.82, 2.24) is 10.2 Å². The topological polar surface area (TPSA) is 86.8 Å². The van der Waals surface area contributed by atoms with Crippen molar-refractivity contribution in [2.75, 3.05) is 24.4 Å². The number of amides is 2. The van der Waals surface area contributed by atoms with Crippen molar-refractivity contribution < 1.29 is 18.0 Å². The van der Waals surface area contributed by atoms with Crippen LogP contribution >= 0.6 is 22.6 Å². The molecule has 2 amide bonds. The summed E-state index contributed by atoms with van der Waals surface area (Å²) in [4.78, 5) is 27.6. The van der Waals surface area contributed by atoms with E-state index in [9.17, 15) is 18.0 Å². The van der Waals surface area contributed by atoms with Gasteiger partial charge in [-0.05, 0) is 77.9 Å². The molecule has 35 heavy (non-hydrogen) atoms. The number of hydrogen-bond donors (Lipinski definition) is 1. The van der Waals surface area contributed by atoms with E-state index in [2.05, 4.69) is 27.9 Å². The van der Waals surface area contributed by atoms with Crippen LogP contribution in [0.3, 0.4) is 0 Å². The summed E-state index contributed by atoms with van der Waals surface area (Å²) < 4.78 is 29.2. The summed E-state index contributed by atoms with van der Waals surface area (Å²) in [6.45, 7) is 1.47. The number of hydrogen-bond acceptors (Lipinski definition) is 4. The Morgan fingerprint density at radius 3 is 2.06 bits per heavy atom. The molecule has 9 heteroatoms. The van der Waals surface area contributed by atoms with Crippen LogP contribution in [0.15, 0.2) is 89.8 Å². The number of carbonyl (C=O) groups excluding carboxylic acids is 2. The summed E-state index contributed by atoms with van der Waals surface area (Å²) >= 11 is 2.14. The van der Waals surface area contributed by atoms with Gasteiger partial charge in [0.2, 0.25) is 11.8 Å². The summed E-state index contributed by atoms with van der Waals surface area (Å²) in [5.74, 6) is -0.784. The molecule has 0 aliphatic rings. The van der Waals surface area contributed by atoms with Crippen LogP contribution in [0.1, 0.15) is 12.5 Å². The van der Waals surface area contributed by atoms with Crippen molar-refractivity contribution >= 4 is 50.1 Å². The summed E-state index contributed by atoms with van der Waals surface area (Å²) in [6.07, 6.45) is 0.531. The number of carbonyl (C=O) groups is 2. The minimum Gasteiger partial charge on any atom is -0.357 e. The van der Waals surface area contributed by atoms with Gasteiger partial charge in [0.1, 0.15) is 12.6 Å². The van der Waals surface area contributed by atoms with Crippen molar-refractivity contribution in [3.8, 4) is 0 Å². The second kappa shape index (κ2) is 12.2. The van der Waals surface area contributed by atoms with Crippen LogP contribution in [-0.4, -0.2) is 51.3 Å². The number of halogens is 1. The summed E-state index contributed by atoms with van der Waals surface area (Å²) in [5.41, 5.74) is 1.39. The standard InChI is InChI=1S/C26H28IN3O4S/c1-20(26(32)28-2)29(18-17-21-9-5-3-6-10-21)25(31)19-30(23-15-13-22(27)14-16-23)35(33,34)24-11-7-4-8-12-24/h3-16,20H,17-19H2,1-2H3,(H,28,32)/t20-/m0/s1. The summed E-state index contributed by atoms with van der Waals surface area (Å²) in [5, 5.41) is 2.58. The van der Waals surface area contributed by atoms with Gasteiger partial charge in [-0.2, -0.15) is 0 Å². The molecule has 184 valence electrons. The molecule has 3 rings (SSSR count). The van der Waals surface area contributed by atoms with E-state index < -0.39 is 28.5 Å². The molecule has 0 heterocycles. The molecule has 3 aromatic carbocycles. The van der Waals surface area contributed by atoms with E-state index in [-0.39, 0.29) is 17.3 Å². The van der Waals surface area contributed by atoms with Crippen molar-refractivity contribution in [1.29, 1.82) is 0 Å². The van der Waals surface area contributed by atoms with Crippen LogP contribution in [0.2, 0.25) is 0 Å². The average Bonchev–Trinajstić information content (AvgIpc) is 2.88. The monoisotopic (exact) mass is 605 g/mol. The molecule has 0 radical (unpaired) electrons. The highest BCUT2D eigenvalue weighted by Crippen LogP contribution is 2.25. The molecule has 0 aromatic heterocycles. The summed E-state index contributed by atoms with van der Waals surface area (Å²) in [7, 11) is -2.52. The zero-order valence-electron chi connectivity index (χ0n) is 19.6. The third-order valence-corrected chi connectivity index (χ3v) is 8.13. The molecule has 0 spiro atoms. The molecule has 1 N–H and O–H groups in total. The smallest absolute Gasteiger partial charge is 0.264 e. The van der Waals surface area contributed by atoms with E-state index in [0.717, 1.165) is 13.4 Å². The van der Waals surface area contributed by atoms with E-state index in [1.807, 2.05) is 30.3 Å². The maximum Gasteiger partial charge on any atom is 0.264 e. The van der Waals surface area contributed by atoms with Gasteiger partial charge >= 0.3 is 0 Å². The average molecular weight is 605 g/mol. The van der Waals surface area contributed by atoms with Gasteiger partial charge < -0.3 is 10.2 Å². The van der Waals surface area contributed by atoms with E-state index in [0.29, 0.717) is 12.1 Å². The van der Waals surface area contributed by atoms with E-state index in [1.165, 1.54) is 24.1 Å². The number of benzene rings is 3. The minimum absolute atomic E-state index is 0.0848. The van der Waals surface area contributed by atoms with Crippen LogP contribution in [0, 0.1) is 3.57 Å². The Labute approximate surface area is 220 Å². The molecule has 3 aromatic rings. The van der Waals surface area contributed by atoms with Gasteiger partial charge in [0, 0.05) is 17.2 Å². The third-order valence-electron chi connectivity index (χ3n) is 5.62. The number of likely N-dealkylation sites (N-methyl/N-ethyl adjacent to an activating group) is 1. The molecule has 0 unspecified atom stereocenters. The molecule has 1 atom stereocenters. The van der Waals surface area contributed by atoms with Gasteiger partial charge in [-0.1, -0.05) is 48.5 Å². The number of sulfonamides is 1. The molecule has 0 saturated carbocycles. The number of anilines is 1. The molecule has 0 saturated heterocycles. The molecule has 7 nitrogen and oxygen atoms in total. The molecular formula is C26H28IN3O4S. The lowest BCUT2D eigenvalue weighted by Crippen LogP contribution is -2.51. The molecular weight excluding hydrogens is 577 g/mol. The highest BCUT2D eigenvalue weighted by Gasteiger charge is 2.32. The zero-order valence-corrected chi connectivity index (χ0v) is 22.6. The highest BCUT2D eigenvalue weighted by molar-refractivity contribution is 14.1. The Balaban J connectivity index is 1.95. The predicted molar refractivity (Wildman–Crippen MR) is 146 cm³/mol. The second-order valence-electron chi connectivity index (χ2n) is 7.91. The molecule has 0 fully saturated rings. The first-order chi connectivity index (χ1) is 16.7. The Morgan fingerprint density at radius 1 is 0.914 bits per heavy atom. The lowest BCUT2D eigenvalue weighted by Gasteiger charge is -2.31. The van der Waals surface area contributed by atoms with Crippen LogP contribution in [0.5, 0.6) is 0 Å². The quantitative estimate of drug-likeness (QED) is 0.358. The number of nitrogens with one attached hydrogen (secondary N) is 1. The van der Waals surface area contributed by atoms with Gasteiger partial charge in [0.15, 0.2) is 0 Å². The lowest BCUT2D eigenvalue weighted by molar-refractivity contribution is -0.138. The van der Waals surface area contributed by atoms with E-state index in [4.69, 9.17) is 0 Å². The minimum atomic E-state index is -4.03. The Kier molecular flexibility index (Phi) is 9.27. The Bertz CT molecular complexity index is 1240. The van der Waals surface area contributed by atoms with Gasteiger partial charge in [-0.3, -0.25) is 13.9 Å². The largest absolute Gasteiger partial charge is 0.357 e. The first-order valence-corrected chi connectivity index (χ1v) is 13.6. The second-order valence-corrected chi connectivity index (χ2v) is 11.0. The van der Waals surface area contributed by atoms with E-state index >= 15 is 0 Å². The van der Waals surface area contributed by atoms with Crippen molar-refractivity contribution in [2.45, 2.75) is 24.3 Å². The first-order valence-electron chi connectivity index (χ1n) is 11.1. The van der Waals surface area contributed by atoms with Crippen LogP contribution < -0.4 is 9.62 Å². The van der Waals surface area contributed by atoms with Gasteiger partial charge in [0.25, 0.3) is 10.0 Å².